The summed E-state index contributed by atoms with van der Waals surface area (Å²) in [5, 5.41) is 6.33. The predicted octanol–water partition coefficient (Wildman–Crippen LogP) is 4.61. The Labute approximate surface area is 180 Å². The van der Waals surface area contributed by atoms with Crippen LogP contribution < -0.4 is 9.75 Å². The zero-order valence-electron chi connectivity index (χ0n) is 16.9. The van der Waals surface area contributed by atoms with Crippen LogP contribution in [0.25, 0.3) is 6.08 Å². The molecule has 0 radical (unpaired) electrons. The minimum absolute atomic E-state index is 0.312. The number of hydrogen-bond acceptors (Lipinski definition) is 5. The summed E-state index contributed by atoms with van der Waals surface area (Å²) in [7, 11) is 0. The SMILES string of the molecule is CC(=O)[C@@]12C(=O)Oc3ccccc3C1C(/C=C/c1ccccc1)=NN2c1ccccc1. The van der Waals surface area contributed by atoms with Gasteiger partial charge in [-0.1, -0.05) is 72.8 Å². The smallest absolute Gasteiger partial charge is 0.348 e. The largest absolute Gasteiger partial charge is 0.424 e. The number of anilines is 1. The summed E-state index contributed by atoms with van der Waals surface area (Å²) in [4.78, 5) is 26.6. The lowest BCUT2D eigenvalue weighted by molar-refractivity contribution is -0.146. The highest BCUT2D eigenvalue weighted by Gasteiger charge is 2.64. The van der Waals surface area contributed by atoms with Gasteiger partial charge in [-0.05, 0) is 36.8 Å². The monoisotopic (exact) mass is 408 g/mol. The van der Waals surface area contributed by atoms with E-state index in [1.807, 2.05) is 91.0 Å². The number of allylic oxidation sites excluding steroid dienone is 1. The second-order valence-corrected chi connectivity index (χ2v) is 7.60. The fourth-order valence-electron chi connectivity index (χ4n) is 4.37. The number of carbonyl (C=O) groups excluding carboxylic acids is 2. The molecule has 1 unspecified atom stereocenters. The molecule has 152 valence electrons. The van der Waals surface area contributed by atoms with E-state index in [-0.39, 0.29) is 5.78 Å². The average molecular weight is 408 g/mol. The Bertz CT molecular complexity index is 1220. The minimum atomic E-state index is -1.59. The highest BCUT2D eigenvalue weighted by molar-refractivity contribution is 6.23. The molecule has 0 bridgehead atoms. The maximum absolute atomic E-state index is 13.4. The number of rotatable bonds is 4. The molecular formula is C26H20N2O3. The fourth-order valence-corrected chi connectivity index (χ4v) is 4.37. The molecule has 2 atom stereocenters. The zero-order chi connectivity index (χ0) is 21.4. The molecule has 5 heteroatoms. The van der Waals surface area contributed by atoms with Crippen molar-refractivity contribution >= 4 is 29.2 Å². The maximum atomic E-state index is 13.4. The first-order valence-corrected chi connectivity index (χ1v) is 10.1. The Morgan fingerprint density at radius 3 is 2.29 bits per heavy atom. The van der Waals surface area contributed by atoms with Crippen LogP contribution >= 0.6 is 0 Å². The van der Waals surface area contributed by atoms with Crippen LogP contribution in [0.3, 0.4) is 0 Å². The van der Waals surface area contributed by atoms with Crippen LogP contribution in [0.1, 0.15) is 24.0 Å². The van der Waals surface area contributed by atoms with Gasteiger partial charge < -0.3 is 4.74 Å². The molecule has 0 N–H and O–H groups in total. The van der Waals surface area contributed by atoms with E-state index in [0.717, 1.165) is 11.1 Å². The molecule has 0 aromatic heterocycles. The summed E-state index contributed by atoms with van der Waals surface area (Å²) in [6.45, 7) is 1.43. The van der Waals surface area contributed by atoms with Crippen molar-refractivity contribution in [2.75, 3.05) is 5.01 Å². The van der Waals surface area contributed by atoms with Gasteiger partial charge in [0.15, 0.2) is 5.78 Å². The molecule has 0 fully saturated rings. The van der Waals surface area contributed by atoms with Gasteiger partial charge in [0, 0.05) is 5.56 Å². The van der Waals surface area contributed by atoms with Crippen molar-refractivity contribution in [3.8, 4) is 5.75 Å². The molecule has 0 saturated carbocycles. The van der Waals surface area contributed by atoms with Gasteiger partial charge in [-0.2, -0.15) is 5.10 Å². The fraction of sp³-hybridized carbons (Fsp3) is 0.115. The summed E-state index contributed by atoms with van der Waals surface area (Å²) in [6, 6.07) is 26.4. The van der Waals surface area contributed by atoms with Crippen molar-refractivity contribution in [1.29, 1.82) is 0 Å². The number of ether oxygens (including phenoxy) is 1. The van der Waals surface area contributed by atoms with Gasteiger partial charge in [0.05, 0.1) is 17.3 Å². The van der Waals surface area contributed by atoms with Crippen molar-refractivity contribution in [1.82, 2.24) is 0 Å². The topological polar surface area (TPSA) is 59.0 Å². The van der Waals surface area contributed by atoms with Gasteiger partial charge in [-0.3, -0.25) is 4.79 Å². The molecule has 3 aromatic carbocycles. The molecule has 3 aromatic rings. The quantitative estimate of drug-likeness (QED) is 0.359. The van der Waals surface area contributed by atoms with Crippen molar-refractivity contribution in [3.63, 3.8) is 0 Å². The Morgan fingerprint density at radius 1 is 0.935 bits per heavy atom. The summed E-state index contributed by atoms with van der Waals surface area (Å²) < 4.78 is 5.67. The molecule has 0 saturated heterocycles. The molecule has 2 aliphatic heterocycles. The summed E-state index contributed by atoms with van der Waals surface area (Å²) in [6.07, 6.45) is 3.83. The molecule has 2 heterocycles. The predicted molar refractivity (Wildman–Crippen MR) is 120 cm³/mol. The molecule has 31 heavy (non-hydrogen) atoms. The van der Waals surface area contributed by atoms with Crippen LogP contribution in [-0.4, -0.2) is 23.0 Å². The summed E-state index contributed by atoms with van der Waals surface area (Å²) in [5.41, 5.74) is 1.47. The van der Waals surface area contributed by atoms with Gasteiger partial charge in [-0.15, -0.1) is 0 Å². The van der Waals surface area contributed by atoms with Crippen LogP contribution in [0.2, 0.25) is 0 Å². The number of para-hydroxylation sites is 2. The van der Waals surface area contributed by atoms with Crippen LogP contribution in [0.15, 0.2) is 96.1 Å². The third-order valence-corrected chi connectivity index (χ3v) is 5.79. The van der Waals surface area contributed by atoms with Gasteiger partial charge in [0.1, 0.15) is 5.75 Å². The van der Waals surface area contributed by atoms with E-state index >= 15 is 0 Å². The number of ketones is 1. The first kappa shape index (κ1) is 19.0. The maximum Gasteiger partial charge on any atom is 0.348 e. The van der Waals surface area contributed by atoms with E-state index in [2.05, 4.69) is 0 Å². The third kappa shape index (κ3) is 2.89. The number of Topliss-reactive ketones (excluding diaryl/α,β-unsaturated/α-hetero) is 1. The van der Waals surface area contributed by atoms with Gasteiger partial charge in [-0.25, -0.2) is 9.80 Å². The molecule has 0 amide bonds. The molecule has 5 rings (SSSR count). The number of nitrogens with zero attached hydrogens (tertiary/aromatic N) is 2. The van der Waals surface area contributed by atoms with Gasteiger partial charge >= 0.3 is 5.97 Å². The molecule has 2 aliphatic rings. The lowest BCUT2D eigenvalue weighted by Crippen LogP contribution is -2.62. The Morgan fingerprint density at radius 2 is 1.58 bits per heavy atom. The standard InChI is InChI=1S/C26H20N2O3/c1-18(29)26-24(21-14-8-9-15-23(21)31-25(26)30)22(17-16-19-10-4-2-5-11-19)27-28(26)20-12-6-3-7-13-20/h2-17,24H,1H3/b17-16+/t24?,26-/m0/s1. The molecule has 5 nitrogen and oxygen atoms in total. The average Bonchev–Trinajstić information content (AvgIpc) is 3.16. The van der Waals surface area contributed by atoms with Gasteiger partial charge in [0.25, 0.3) is 0 Å². The van der Waals surface area contributed by atoms with E-state index in [0.29, 0.717) is 17.1 Å². The second-order valence-electron chi connectivity index (χ2n) is 7.60. The first-order chi connectivity index (χ1) is 15.1. The van der Waals surface area contributed by atoms with E-state index in [1.54, 1.807) is 6.07 Å². The second kappa shape index (κ2) is 7.36. The van der Waals surface area contributed by atoms with Crippen LogP contribution in [0.4, 0.5) is 5.69 Å². The van der Waals surface area contributed by atoms with E-state index in [4.69, 9.17) is 9.84 Å². The highest BCUT2D eigenvalue weighted by atomic mass is 16.5. The van der Waals surface area contributed by atoms with Crippen LogP contribution in [-0.2, 0) is 9.59 Å². The zero-order valence-corrected chi connectivity index (χ0v) is 16.9. The third-order valence-electron chi connectivity index (χ3n) is 5.79. The number of benzene rings is 3. The lowest BCUT2D eigenvalue weighted by atomic mass is 9.72. The first-order valence-electron chi connectivity index (χ1n) is 10.1. The number of esters is 1. The Balaban J connectivity index is 1.73. The van der Waals surface area contributed by atoms with Crippen molar-refractivity contribution in [2.24, 2.45) is 5.10 Å². The Hall–Kier alpha value is -3.99. The molecule has 0 aliphatic carbocycles. The lowest BCUT2D eigenvalue weighted by Gasteiger charge is -2.40. The van der Waals surface area contributed by atoms with Crippen molar-refractivity contribution in [3.05, 3.63) is 102 Å². The van der Waals surface area contributed by atoms with Crippen LogP contribution in [0, 0.1) is 0 Å². The molecule has 0 spiro atoms. The van der Waals surface area contributed by atoms with E-state index in [1.165, 1.54) is 11.9 Å². The number of hydrazone groups is 1. The van der Waals surface area contributed by atoms with Crippen molar-refractivity contribution in [2.45, 2.75) is 18.4 Å². The van der Waals surface area contributed by atoms with Gasteiger partial charge in [0.2, 0.25) is 5.54 Å². The van der Waals surface area contributed by atoms with Crippen LogP contribution in [0.5, 0.6) is 5.75 Å². The number of fused-ring (bicyclic) bond motifs is 3. The normalized spacial score (nSPS) is 22.0. The number of carbonyl (C=O) groups is 2. The van der Waals surface area contributed by atoms with Crippen molar-refractivity contribution < 1.29 is 14.3 Å². The highest BCUT2D eigenvalue weighted by Crippen LogP contribution is 2.50. The Kier molecular flexibility index (Phi) is 4.51. The molecular weight excluding hydrogens is 388 g/mol. The van der Waals surface area contributed by atoms with E-state index in [9.17, 15) is 9.59 Å². The number of hydrogen-bond donors (Lipinski definition) is 0. The summed E-state index contributed by atoms with van der Waals surface area (Å²) in [5.74, 6) is -1.04. The van der Waals surface area contributed by atoms with E-state index < -0.39 is 17.4 Å². The minimum Gasteiger partial charge on any atom is -0.424 e. The summed E-state index contributed by atoms with van der Waals surface area (Å²) >= 11 is 0.